The lowest BCUT2D eigenvalue weighted by Crippen LogP contribution is -2.43. The fourth-order valence-electron chi connectivity index (χ4n) is 3.01. The van der Waals surface area contributed by atoms with Crippen molar-refractivity contribution in [3.63, 3.8) is 0 Å². The molecule has 1 N–H and O–H groups in total. The van der Waals surface area contributed by atoms with Crippen molar-refractivity contribution in [2.75, 3.05) is 6.61 Å². The molecule has 0 spiro atoms. The summed E-state index contributed by atoms with van der Waals surface area (Å²) in [6.45, 7) is 9.82. The smallest absolute Gasteiger partial charge is 0.119 e. The molecule has 1 saturated carbocycles. The summed E-state index contributed by atoms with van der Waals surface area (Å²) >= 11 is 0. The van der Waals surface area contributed by atoms with Crippen LogP contribution in [0.4, 0.5) is 0 Å². The first-order valence-electron chi connectivity index (χ1n) is 8.00. The lowest BCUT2D eigenvalue weighted by Gasteiger charge is -2.34. The number of hydrogen-bond acceptors (Lipinski definition) is 2. The molecule has 4 unspecified atom stereocenters. The zero-order valence-corrected chi connectivity index (χ0v) is 13.4. The van der Waals surface area contributed by atoms with Crippen molar-refractivity contribution in [1.82, 2.24) is 5.32 Å². The van der Waals surface area contributed by atoms with E-state index in [1.165, 1.54) is 24.8 Å². The first-order chi connectivity index (χ1) is 9.54. The summed E-state index contributed by atoms with van der Waals surface area (Å²) in [7, 11) is 0. The van der Waals surface area contributed by atoms with Crippen LogP contribution in [0.1, 0.15) is 45.6 Å². The Kier molecular flexibility index (Phi) is 5.47. The number of benzene rings is 1. The van der Waals surface area contributed by atoms with Gasteiger partial charge in [-0.2, -0.15) is 0 Å². The van der Waals surface area contributed by atoms with Crippen LogP contribution in [-0.2, 0) is 0 Å². The van der Waals surface area contributed by atoms with E-state index in [4.69, 9.17) is 4.74 Å². The van der Waals surface area contributed by atoms with E-state index in [0.29, 0.717) is 12.1 Å². The summed E-state index contributed by atoms with van der Waals surface area (Å²) in [6, 6.07) is 9.36. The summed E-state index contributed by atoms with van der Waals surface area (Å²) in [4.78, 5) is 0. The van der Waals surface area contributed by atoms with Gasteiger partial charge in [0.2, 0.25) is 0 Å². The molecule has 0 aliphatic heterocycles. The van der Waals surface area contributed by atoms with Crippen LogP contribution in [-0.4, -0.2) is 18.7 Å². The van der Waals surface area contributed by atoms with Gasteiger partial charge in [-0.15, -0.1) is 0 Å². The second-order valence-corrected chi connectivity index (χ2v) is 6.66. The Morgan fingerprint density at radius 2 is 1.85 bits per heavy atom. The molecule has 1 aliphatic rings. The fraction of sp³-hybridized carbons (Fsp3) is 0.667. The first kappa shape index (κ1) is 15.4. The van der Waals surface area contributed by atoms with E-state index >= 15 is 0 Å². The van der Waals surface area contributed by atoms with Gasteiger partial charge in [0.15, 0.2) is 0 Å². The van der Waals surface area contributed by atoms with Crippen LogP contribution < -0.4 is 10.1 Å². The molecule has 0 saturated heterocycles. The number of aryl methyl sites for hydroxylation is 1. The number of ether oxygens (including phenoxy) is 1. The van der Waals surface area contributed by atoms with Gasteiger partial charge in [0.25, 0.3) is 0 Å². The zero-order valence-electron chi connectivity index (χ0n) is 13.4. The largest absolute Gasteiger partial charge is 0.492 e. The normalized spacial score (nSPS) is 28.1. The van der Waals surface area contributed by atoms with E-state index in [0.717, 1.165) is 24.2 Å². The van der Waals surface area contributed by atoms with Crippen LogP contribution in [0.25, 0.3) is 0 Å². The van der Waals surface area contributed by atoms with Crippen molar-refractivity contribution in [2.24, 2.45) is 11.8 Å². The zero-order chi connectivity index (χ0) is 14.5. The Labute approximate surface area is 123 Å². The molecule has 1 fully saturated rings. The van der Waals surface area contributed by atoms with E-state index in [9.17, 15) is 0 Å². The van der Waals surface area contributed by atoms with Gasteiger partial charge in [0.05, 0.1) is 0 Å². The Morgan fingerprint density at radius 1 is 1.15 bits per heavy atom. The van der Waals surface area contributed by atoms with Gasteiger partial charge in [0, 0.05) is 12.1 Å². The molecule has 2 rings (SSSR count). The Balaban J connectivity index is 1.72. The average molecular weight is 275 g/mol. The van der Waals surface area contributed by atoms with E-state index in [2.05, 4.69) is 45.1 Å². The SMILES string of the molecule is Cc1ccc(OCC(C)NC2CCC(C)C(C)C2)cc1. The van der Waals surface area contributed by atoms with E-state index in [-0.39, 0.29) is 0 Å². The van der Waals surface area contributed by atoms with Gasteiger partial charge in [-0.05, 0) is 57.1 Å². The standard InChI is InChI=1S/C18H29NO/c1-13-5-9-18(10-6-13)20-12-16(4)19-17-8-7-14(2)15(3)11-17/h5-6,9-10,14-17,19H,7-8,11-12H2,1-4H3. The van der Waals surface area contributed by atoms with Crippen LogP contribution in [0.3, 0.4) is 0 Å². The highest BCUT2D eigenvalue weighted by atomic mass is 16.5. The molecular weight excluding hydrogens is 246 g/mol. The van der Waals surface area contributed by atoms with Gasteiger partial charge < -0.3 is 10.1 Å². The van der Waals surface area contributed by atoms with Crippen LogP contribution in [0.2, 0.25) is 0 Å². The topological polar surface area (TPSA) is 21.3 Å². The molecule has 4 atom stereocenters. The molecule has 20 heavy (non-hydrogen) atoms. The van der Waals surface area contributed by atoms with E-state index < -0.39 is 0 Å². The Morgan fingerprint density at radius 3 is 2.50 bits per heavy atom. The van der Waals surface area contributed by atoms with Crippen LogP contribution >= 0.6 is 0 Å². The van der Waals surface area contributed by atoms with Gasteiger partial charge in [-0.1, -0.05) is 31.5 Å². The molecule has 1 aromatic carbocycles. The Bertz CT molecular complexity index is 400. The van der Waals surface area contributed by atoms with Crippen molar-refractivity contribution in [3.8, 4) is 5.75 Å². The first-order valence-corrected chi connectivity index (χ1v) is 8.00. The van der Waals surface area contributed by atoms with Crippen LogP contribution in [0.15, 0.2) is 24.3 Å². The van der Waals surface area contributed by atoms with E-state index in [1.54, 1.807) is 0 Å². The number of rotatable bonds is 5. The molecule has 0 heterocycles. The van der Waals surface area contributed by atoms with Crippen molar-refractivity contribution in [2.45, 2.75) is 59.0 Å². The molecule has 2 nitrogen and oxygen atoms in total. The predicted molar refractivity (Wildman–Crippen MR) is 85.2 cm³/mol. The van der Waals surface area contributed by atoms with Crippen LogP contribution in [0.5, 0.6) is 5.75 Å². The van der Waals surface area contributed by atoms with Crippen LogP contribution in [0, 0.1) is 18.8 Å². The second kappa shape index (κ2) is 7.12. The average Bonchev–Trinajstić information content (AvgIpc) is 2.42. The highest BCUT2D eigenvalue weighted by Gasteiger charge is 2.25. The molecule has 0 aromatic heterocycles. The Hall–Kier alpha value is -1.02. The third kappa shape index (κ3) is 4.52. The maximum absolute atomic E-state index is 5.85. The molecule has 112 valence electrons. The minimum absolute atomic E-state index is 0.405. The minimum atomic E-state index is 0.405. The van der Waals surface area contributed by atoms with Gasteiger partial charge in [-0.25, -0.2) is 0 Å². The third-order valence-electron chi connectivity index (χ3n) is 4.64. The molecular formula is C18H29NO. The lowest BCUT2D eigenvalue weighted by molar-refractivity contribution is 0.195. The van der Waals surface area contributed by atoms with Crippen molar-refractivity contribution in [3.05, 3.63) is 29.8 Å². The number of nitrogens with one attached hydrogen (secondary N) is 1. The summed E-state index contributed by atoms with van der Waals surface area (Å²) in [5.41, 5.74) is 1.27. The van der Waals surface area contributed by atoms with Crippen molar-refractivity contribution >= 4 is 0 Å². The summed E-state index contributed by atoms with van der Waals surface area (Å²) in [5, 5.41) is 3.73. The van der Waals surface area contributed by atoms with Gasteiger partial charge >= 0.3 is 0 Å². The summed E-state index contributed by atoms with van der Waals surface area (Å²) < 4.78 is 5.85. The third-order valence-corrected chi connectivity index (χ3v) is 4.64. The molecule has 2 heteroatoms. The maximum atomic E-state index is 5.85. The second-order valence-electron chi connectivity index (χ2n) is 6.66. The molecule has 0 amide bonds. The fourth-order valence-corrected chi connectivity index (χ4v) is 3.01. The van der Waals surface area contributed by atoms with Crippen molar-refractivity contribution in [1.29, 1.82) is 0 Å². The van der Waals surface area contributed by atoms with Crippen molar-refractivity contribution < 1.29 is 4.74 Å². The molecule has 0 radical (unpaired) electrons. The van der Waals surface area contributed by atoms with Gasteiger partial charge in [0.1, 0.15) is 12.4 Å². The molecule has 1 aromatic rings. The molecule has 1 aliphatic carbocycles. The monoisotopic (exact) mass is 275 g/mol. The minimum Gasteiger partial charge on any atom is -0.492 e. The highest BCUT2D eigenvalue weighted by Crippen LogP contribution is 2.29. The quantitative estimate of drug-likeness (QED) is 0.870. The predicted octanol–water partition coefficient (Wildman–Crippen LogP) is 4.18. The summed E-state index contributed by atoms with van der Waals surface area (Å²) in [5.74, 6) is 2.69. The highest BCUT2D eigenvalue weighted by molar-refractivity contribution is 5.26. The number of hydrogen-bond donors (Lipinski definition) is 1. The van der Waals surface area contributed by atoms with E-state index in [1.807, 2.05) is 12.1 Å². The lowest BCUT2D eigenvalue weighted by atomic mass is 9.79. The molecule has 0 bridgehead atoms. The maximum Gasteiger partial charge on any atom is 0.119 e. The van der Waals surface area contributed by atoms with Gasteiger partial charge in [-0.3, -0.25) is 0 Å². The summed E-state index contributed by atoms with van der Waals surface area (Å²) in [6.07, 6.45) is 3.96.